The molecule has 0 aliphatic rings. The van der Waals surface area contributed by atoms with E-state index in [0.717, 1.165) is 27.6 Å². The minimum atomic E-state index is -4.23. The molecule has 2 amide bonds. The molecule has 39 heavy (non-hydrogen) atoms. The second-order valence-electron chi connectivity index (χ2n) is 9.87. The van der Waals surface area contributed by atoms with Crippen molar-refractivity contribution in [2.75, 3.05) is 17.4 Å². The standard InChI is InChI=1S/C30H36FN3O4S/c1-5-28(30(36)32-19-22(2)3)33(20-24-13-11-23(4)12-14-24)29(35)21-34(26-9-7-6-8-10-26)39(37,38)27-17-15-25(31)16-18-27/h6-18,22,28H,5,19-21H2,1-4H3,(H,32,36). The van der Waals surface area contributed by atoms with E-state index >= 15 is 0 Å². The van der Waals surface area contributed by atoms with E-state index in [0.29, 0.717) is 13.0 Å². The van der Waals surface area contributed by atoms with Crippen LogP contribution in [-0.2, 0) is 26.2 Å². The molecule has 0 aliphatic carbocycles. The first-order valence-electron chi connectivity index (χ1n) is 13.0. The fraction of sp³-hybridized carbons (Fsp3) is 0.333. The van der Waals surface area contributed by atoms with Crippen molar-refractivity contribution in [2.45, 2.75) is 51.6 Å². The van der Waals surface area contributed by atoms with Crippen molar-refractivity contribution >= 4 is 27.5 Å². The average molecular weight is 554 g/mol. The van der Waals surface area contributed by atoms with E-state index in [9.17, 15) is 22.4 Å². The minimum Gasteiger partial charge on any atom is -0.354 e. The summed E-state index contributed by atoms with van der Waals surface area (Å²) in [6.45, 7) is 7.79. The minimum absolute atomic E-state index is 0.131. The molecular formula is C30H36FN3O4S. The lowest BCUT2D eigenvalue weighted by molar-refractivity contribution is -0.140. The molecule has 1 unspecified atom stereocenters. The summed E-state index contributed by atoms with van der Waals surface area (Å²) in [4.78, 5) is 28.5. The number of carbonyl (C=O) groups excluding carboxylic acids is 2. The Morgan fingerprint density at radius 1 is 0.923 bits per heavy atom. The van der Waals surface area contributed by atoms with E-state index in [1.807, 2.05) is 52.0 Å². The van der Waals surface area contributed by atoms with Crippen molar-refractivity contribution in [2.24, 2.45) is 5.92 Å². The number of hydrogen-bond acceptors (Lipinski definition) is 4. The fourth-order valence-corrected chi connectivity index (χ4v) is 5.50. The van der Waals surface area contributed by atoms with Gasteiger partial charge >= 0.3 is 0 Å². The molecule has 0 saturated heterocycles. The molecule has 0 spiro atoms. The second-order valence-corrected chi connectivity index (χ2v) is 11.7. The monoisotopic (exact) mass is 553 g/mol. The van der Waals surface area contributed by atoms with Crippen LogP contribution in [0, 0.1) is 18.7 Å². The molecule has 0 saturated carbocycles. The number of sulfonamides is 1. The van der Waals surface area contributed by atoms with Gasteiger partial charge in [-0.05, 0) is 61.2 Å². The lowest BCUT2D eigenvalue weighted by Crippen LogP contribution is -2.52. The molecule has 1 atom stereocenters. The number of carbonyl (C=O) groups is 2. The van der Waals surface area contributed by atoms with E-state index in [-0.39, 0.29) is 29.0 Å². The Morgan fingerprint density at radius 2 is 1.54 bits per heavy atom. The van der Waals surface area contributed by atoms with Crippen molar-refractivity contribution in [1.82, 2.24) is 10.2 Å². The number of benzene rings is 3. The molecular weight excluding hydrogens is 517 g/mol. The molecule has 0 aliphatic heterocycles. The van der Waals surface area contributed by atoms with Crippen molar-refractivity contribution < 1.29 is 22.4 Å². The summed E-state index contributed by atoms with van der Waals surface area (Å²) in [7, 11) is -4.23. The third-order valence-corrected chi connectivity index (χ3v) is 8.06. The van der Waals surface area contributed by atoms with Crippen LogP contribution in [0.2, 0.25) is 0 Å². The van der Waals surface area contributed by atoms with E-state index < -0.39 is 34.3 Å². The summed E-state index contributed by atoms with van der Waals surface area (Å²) in [5, 5.41) is 2.91. The number of hydrogen-bond donors (Lipinski definition) is 1. The average Bonchev–Trinajstić information content (AvgIpc) is 2.92. The number of rotatable bonds is 12. The number of amides is 2. The zero-order valence-corrected chi connectivity index (χ0v) is 23.6. The van der Waals surface area contributed by atoms with Gasteiger partial charge in [-0.15, -0.1) is 0 Å². The SMILES string of the molecule is CCC(C(=O)NCC(C)C)N(Cc1ccc(C)cc1)C(=O)CN(c1ccccc1)S(=O)(=O)c1ccc(F)cc1. The van der Waals surface area contributed by atoms with E-state index in [4.69, 9.17) is 0 Å². The van der Waals surface area contributed by atoms with Gasteiger partial charge in [0.05, 0.1) is 10.6 Å². The van der Waals surface area contributed by atoms with Crippen LogP contribution in [0.5, 0.6) is 0 Å². The van der Waals surface area contributed by atoms with Crippen molar-refractivity contribution in [3.63, 3.8) is 0 Å². The van der Waals surface area contributed by atoms with Gasteiger partial charge in [0, 0.05) is 13.1 Å². The van der Waals surface area contributed by atoms with Gasteiger partial charge in [0.1, 0.15) is 18.4 Å². The van der Waals surface area contributed by atoms with Crippen LogP contribution < -0.4 is 9.62 Å². The Morgan fingerprint density at radius 3 is 2.10 bits per heavy atom. The molecule has 0 fully saturated rings. The smallest absolute Gasteiger partial charge is 0.264 e. The molecule has 0 aromatic heterocycles. The molecule has 208 valence electrons. The molecule has 0 heterocycles. The topological polar surface area (TPSA) is 86.8 Å². The summed E-state index contributed by atoms with van der Waals surface area (Å²) in [5.41, 5.74) is 2.15. The van der Waals surface area contributed by atoms with Crippen LogP contribution in [-0.4, -0.2) is 44.3 Å². The first-order chi connectivity index (χ1) is 18.5. The third-order valence-electron chi connectivity index (χ3n) is 6.27. The predicted molar refractivity (Wildman–Crippen MR) is 151 cm³/mol. The van der Waals surface area contributed by atoms with E-state index in [2.05, 4.69) is 5.32 Å². The first-order valence-corrected chi connectivity index (χ1v) is 14.4. The third kappa shape index (κ3) is 7.89. The zero-order chi connectivity index (χ0) is 28.6. The number of para-hydroxylation sites is 1. The highest BCUT2D eigenvalue weighted by molar-refractivity contribution is 7.92. The second kappa shape index (κ2) is 13.4. The van der Waals surface area contributed by atoms with Crippen LogP contribution >= 0.6 is 0 Å². The van der Waals surface area contributed by atoms with Crippen LogP contribution in [0.1, 0.15) is 38.3 Å². The maximum Gasteiger partial charge on any atom is 0.264 e. The Labute approximate surface area is 230 Å². The number of aryl methyl sites for hydroxylation is 1. The number of nitrogens with zero attached hydrogens (tertiary/aromatic N) is 2. The number of halogens is 1. The molecule has 3 aromatic rings. The molecule has 7 nitrogen and oxygen atoms in total. The lowest BCUT2D eigenvalue weighted by Gasteiger charge is -2.33. The fourth-order valence-electron chi connectivity index (χ4n) is 4.09. The molecule has 9 heteroatoms. The van der Waals surface area contributed by atoms with Gasteiger partial charge in [0.25, 0.3) is 10.0 Å². The summed E-state index contributed by atoms with van der Waals surface area (Å²) in [5.74, 6) is -1.17. The van der Waals surface area contributed by atoms with Gasteiger partial charge in [-0.25, -0.2) is 12.8 Å². The first kappa shape index (κ1) is 29.8. The number of nitrogens with one attached hydrogen (secondary N) is 1. The maximum atomic E-state index is 14.0. The van der Waals surface area contributed by atoms with Gasteiger partial charge < -0.3 is 10.2 Å². The largest absolute Gasteiger partial charge is 0.354 e. The van der Waals surface area contributed by atoms with Crippen molar-refractivity contribution in [3.8, 4) is 0 Å². The van der Waals surface area contributed by atoms with Gasteiger partial charge in [-0.1, -0.05) is 68.8 Å². The summed E-state index contributed by atoms with van der Waals surface area (Å²) in [6.07, 6.45) is 0.345. The molecule has 0 radical (unpaired) electrons. The molecule has 0 bridgehead atoms. The van der Waals surface area contributed by atoms with Gasteiger partial charge in [-0.3, -0.25) is 13.9 Å². The van der Waals surface area contributed by atoms with Crippen LogP contribution in [0.25, 0.3) is 0 Å². The summed E-state index contributed by atoms with van der Waals surface area (Å²) >= 11 is 0. The normalized spacial score (nSPS) is 12.2. The predicted octanol–water partition coefficient (Wildman–Crippen LogP) is 4.91. The zero-order valence-electron chi connectivity index (χ0n) is 22.8. The van der Waals surface area contributed by atoms with Crippen LogP contribution in [0.3, 0.4) is 0 Å². The molecule has 1 N–H and O–H groups in total. The van der Waals surface area contributed by atoms with Crippen molar-refractivity contribution in [3.05, 3.63) is 95.8 Å². The highest BCUT2D eigenvalue weighted by atomic mass is 32.2. The Hall–Kier alpha value is -3.72. The Balaban J connectivity index is 2.01. The summed E-state index contributed by atoms with van der Waals surface area (Å²) in [6, 6.07) is 19.5. The summed E-state index contributed by atoms with van der Waals surface area (Å²) < 4.78 is 42.0. The number of anilines is 1. The van der Waals surface area contributed by atoms with Gasteiger partial charge in [0.15, 0.2) is 0 Å². The van der Waals surface area contributed by atoms with Gasteiger partial charge in [0.2, 0.25) is 11.8 Å². The maximum absolute atomic E-state index is 14.0. The highest BCUT2D eigenvalue weighted by Crippen LogP contribution is 2.25. The van der Waals surface area contributed by atoms with E-state index in [1.165, 1.54) is 17.0 Å². The van der Waals surface area contributed by atoms with E-state index in [1.54, 1.807) is 30.3 Å². The highest BCUT2D eigenvalue weighted by Gasteiger charge is 2.33. The molecule has 3 rings (SSSR count). The van der Waals surface area contributed by atoms with Crippen LogP contribution in [0.4, 0.5) is 10.1 Å². The van der Waals surface area contributed by atoms with Gasteiger partial charge in [-0.2, -0.15) is 0 Å². The molecule has 3 aromatic carbocycles. The quantitative estimate of drug-likeness (QED) is 0.345. The Kier molecular flexibility index (Phi) is 10.2. The lowest BCUT2D eigenvalue weighted by atomic mass is 10.1. The Bertz CT molecular complexity index is 1350. The van der Waals surface area contributed by atoms with Crippen LogP contribution in [0.15, 0.2) is 83.8 Å². The van der Waals surface area contributed by atoms with Crippen molar-refractivity contribution in [1.29, 1.82) is 0 Å².